The zero-order valence-corrected chi connectivity index (χ0v) is 23.3. The van der Waals surface area contributed by atoms with Gasteiger partial charge < -0.3 is 24.4 Å². The first kappa shape index (κ1) is 27.7. The second kappa shape index (κ2) is 13.0. The fraction of sp³-hybridized carbons (Fsp3) is 0.323. The van der Waals surface area contributed by atoms with Gasteiger partial charge in [-0.05, 0) is 48.4 Å². The predicted octanol–water partition coefficient (Wildman–Crippen LogP) is 5.26. The average molecular weight is 560 g/mol. The van der Waals surface area contributed by atoms with E-state index in [0.717, 1.165) is 36.3 Å². The van der Waals surface area contributed by atoms with E-state index in [4.69, 9.17) is 19.2 Å². The Morgan fingerprint density at radius 1 is 1.23 bits per heavy atom. The minimum absolute atomic E-state index is 0.0613. The van der Waals surface area contributed by atoms with Crippen molar-refractivity contribution in [2.75, 3.05) is 19.8 Å². The average Bonchev–Trinajstić information content (AvgIpc) is 3.64. The number of amides is 1. The van der Waals surface area contributed by atoms with Crippen molar-refractivity contribution in [3.05, 3.63) is 101 Å². The van der Waals surface area contributed by atoms with E-state index in [1.165, 1.54) is 17.8 Å². The molecule has 1 N–H and O–H groups in total. The van der Waals surface area contributed by atoms with Gasteiger partial charge in [-0.3, -0.25) is 4.79 Å². The van der Waals surface area contributed by atoms with Gasteiger partial charge in [-0.15, -0.1) is 0 Å². The van der Waals surface area contributed by atoms with Gasteiger partial charge in [0.05, 0.1) is 29.8 Å². The Balaban J connectivity index is 1.41. The van der Waals surface area contributed by atoms with Crippen LogP contribution >= 0.6 is 11.8 Å². The smallest absolute Gasteiger partial charge is 0.338 e. The quantitative estimate of drug-likeness (QED) is 0.297. The molecule has 0 bridgehead atoms. The van der Waals surface area contributed by atoms with Gasteiger partial charge in [0, 0.05) is 18.8 Å². The zero-order chi connectivity index (χ0) is 27.9. The number of nitrogens with one attached hydrogen (secondary N) is 1. The highest BCUT2D eigenvalue weighted by Crippen LogP contribution is 2.45. The summed E-state index contributed by atoms with van der Waals surface area (Å²) < 4.78 is 17.2. The molecule has 0 aliphatic carbocycles. The molecule has 3 aliphatic rings. The zero-order valence-electron chi connectivity index (χ0n) is 22.5. The molecule has 2 aromatic carbocycles. The number of hydrogen-bond acceptors (Lipinski definition) is 8. The van der Waals surface area contributed by atoms with Crippen molar-refractivity contribution in [1.82, 2.24) is 10.2 Å². The maximum absolute atomic E-state index is 13.3. The Labute approximate surface area is 238 Å². The number of benzene rings is 2. The molecule has 9 heteroatoms. The second-order valence-electron chi connectivity index (χ2n) is 9.74. The number of ether oxygens (including phenoxy) is 3. The van der Waals surface area contributed by atoms with Gasteiger partial charge >= 0.3 is 5.97 Å². The monoisotopic (exact) mass is 559 g/mol. The summed E-state index contributed by atoms with van der Waals surface area (Å²) in [6.45, 7) is 7.20. The number of carbonyl (C=O) groups excluding carboxylic acids is 2. The minimum atomic E-state index is -0.544. The third-order valence-electron chi connectivity index (χ3n) is 6.87. The molecule has 0 unspecified atom stereocenters. The molecule has 40 heavy (non-hydrogen) atoms. The number of fused-ring (bicyclic) bond motifs is 1. The van der Waals surface area contributed by atoms with E-state index in [2.05, 4.69) is 11.9 Å². The first-order chi connectivity index (χ1) is 19.5. The number of aliphatic imine (C=N–C) groups is 1. The number of nitrogens with zero attached hydrogens (tertiary/aromatic N) is 2. The van der Waals surface area contributed by atoms with E-state index in [-0.39, 0.29) is 25.0 Å². The molecule has 5 rings (SSSR count). The molecule has 0 radical (unpaired) electrons. The van der Waals surface area contributed by atoms with Gasteiger partial charge in [0.15, 0.2) is 5.17 Å². The minimum Gasteiger partial charge on any atom is -0.489 e. The molecule has 1 amide bonds. The summed E-state index contributed by atoms with van der Waals surface area (Å²) >= 11 is 1.44. The Hall–Kier alpha value is -3.82. The van der Waals surface area contributed by atoms with Gasteiger partial charge in [-0.2, -0.15) is 0 Å². The summed E-state index contributed by atoms with van der Waals surface area (Å²) in [4.78, 5) is 33.0. The van der Waals surface area contributed by atoms with Gasteiger partial charge in [0.25, 0.3) is 0 Å². The van der Waals surface area contributed by atoms with Crippen molar-refractivity contribution in [1.29, 1.82) is 0 Å². The number of amidine groups is 1. The SMILES string of the molecule is C=CCOC(=O)C1=C(C)N=C2SC=C(CC(=O)NC[C@H]3CCCO3)N2[C@@H]1c1cccc(OCc2ccccc2)c1. The van der Waals surface area contributed by atoms with Crippen LogP contribution in [0.15, 0.2) is 94.6 Å². The lowest BCUT2D eigenvalue weighted by molar-refractivity contribution is -0.138. The lowest BCUT2D eigenvalue weighted by Crippen LogP contribution is -2.38. The second-order valence-corrected chi connectivity index (χ2v) is 10.6. The molecule has 1 saturated heterocycles. The van der Waals surface area contributed by atoms with Crippen LogP contribution in [0.2, 0.25) is 0 Å². The van der Waals surface area contributed by atoms with E-state index in [0.29, 0.717) is 35.3 Å². The van der Waals surface area contributed by atoms with Crippen molar-refractivity contribution in [3.63, 3.8) is 0 Å². The van der Waals surface area contributed by atoms with Crippen LogP contribution in [0.3, 0.4) is 0 Å². The van der Waals surface area contributed by atoms with Gasteiger partial charge in [-0.25, -0.2) is 9.79 Å². The fourth-order valence-electron chi connectivity index (χ4n) is 4.93. The number of hydrogen-bond donors (Lipinski definition) is 1. The largest absolute Gasteiger partial charge is 0.489 e. The first-order valence-electron chi connectivity index (χ1n) is 13.4. The molecule has 2 aromatic rings. The van der Waals surface area contributed by atoms with Gasteiger partial charge in [0.2, 0.25) is 5.91 Å². The summed E-state index contributed by atoms with van der Waals surface area (Å²) in [5, 5.41) is 5.64. The Morgan fingerprint density at radius 2 is 2.08 bits per heavy atom. The van der Waals surface area contributed by atoms with Crippen LogP contribution in [0.1, 0.15) is 43.4 Å². The highest BCUT2D eigenvalue weighted by atomic mass is 32.2. The Bertz CT molecular complexity index is 1350. The molecule has 0 spiro atoms. The normalized spacial score (nSPS) is 20.0. The van der Waals surface area contributed by atoms with Gasteiger partial charge in [0.1, 0.15) is 19.0 Å². The van der Waals surface area contributed by atoms with E-state index >= 15 is 0 Å². The maximum Gasteiger partial charge on any atom is 0.338 e. The molecule has 0 saturated carbocycles. The molecule has 208 valence electrons. The van der Waals surface area contributed by atoms with E-state index in [1.54, 1.807) is 0 Å². The summed E-state index contributed by atoms with van der Waals surface area (Å²) in [7, 11) is 0. The van der Waals surface area contributed by atoms with Crippen molar-refractivity contribution >= 4 is 28.8 Å². The van der Waals surface area contributed by atoms with Crippen molar-refractivity contribution < 1.29 is 23.8 Å². The van der Waals surface area contributed by atoms with E-state index < -0.39 is 12.0 Å². The molecular weight excluding hydrogens is 526 g/mol. The predicted molar refractivity (Wildman–Crippen MR) is 155 cm³/mol. The number of carbonyl (C=O) groups is 2. The topological polar surface area (TPSA) is 89.5 Å². The first-order valence-corrected chi connectivity index (χ1v) is 14.3. The Morgan fingerprint density at radius 3 is 2.85 bits per heavy atom. The summed E-state index contributed by atoms with van der Waals surface area (Å²) in [5.74, 6) is 0.0952. The third-order valence-corrected chi connectivity index (χ3v) is 7.76. The number of thioether (sulfide) groups is 1. The maximum atomic E-state index is 13.3. The van der Waals surface area contributed by atoms with E-state index in [1.807, 2.05) is 71.8 Å². The van der Waals surface area contributed by atoms with Crippen LogP contribution in [0.25, 0.3) is 0 Å². The van der Waals surface area contributed by atoms with Crippen LogP contribution in [0.4, 0.5) is 0 Å². The third kappa shape index (κ3) is 6.48. The molecular formula is C31H33N3O5S. The molecule has 3 heterocycles. The number of rotatable bonds is 11. The molecule has 0 aromatic heterocycles. The van der Waals surface area contributed by atoms with Crippen LogP contribution in [0.5, 0.6) is 5.75 Å². The summed E-state index contributed by atoms with van der Waals surface area (Å²) in [6.07, 6.45) is 3.71. The van der Waals surface area contributed by atoms with Crippen LogP contribution in [-0.4, -0.2) is 47.8 Å². The van der Waals surface area contributed by atoms with E-state index in [9.17, 15) is 9.59 Å². The van der Waals surface area contributed by atoms with Crippen molar-refractivity contribution in [3.8, 4) is 5.75 Å². The summed E-state index contributed by atoms with van der Waals surface area (Å²) in [5.41, 5.74) is 3.64. The standard InChI is InChI=1S/C31H33N3O5S/c1-3-14-38-30(36)28-21(2)33-31-34(24(20-40-31)17-27(35)32-18-26-13-8-15-37-26)29(28)23-11-7-12-25(16-23)39-19-22-9-5-4-6-10-22/h3-7,9-12,16,20,26,29H,1,8,13-15,17-19H2,2H3,(H,32,35)/t26-,29-/m1/s1. The van der Waals surface area contributed by atoms with Crippen LogP contribution in [0, 0.1) is 0 Å². The lowest BCUT2D eigenvalue weighted by atomic mass is 9.93. The van der Waals surface area contributed by atoms with Crippen molar-refractivity contribution in [2.45, 2.75) is 44.9 Å². The van der Waals surface area contributed by atoms with Gasteiger partial charge in [-0.1, -0.05) is 66.9 Å². The fourth-order valence-corrected chi connectivity index (χ4v) is 5.90. The molecule has 2 atom stereocenters. The highest BCUT2D eigenvalue weighted by Gasteiger charge is 2.41. The Kier molecular flexibility index (Phi) is 9.03. The van der Waals surface area contributed by atoms with Crippen LogP contribution in [-0.2, 0) is 25.7 Å². The molecule has 3 aliphatic heterocycles. The number of allylic oxidation sites excluding steroid dienone is 1. The lowest BCUT2D eigenvalue weighted by Gasteiger charge is -2.36. The summed E-state index contributed by atoms with van der Waals surface area (Å²) in [6, 6.07) is 17.1. The molecule has 1 fully saturated rings. The number of esters is 1. The van der Waals surface area contributed by atoms with Crippen LogP contribution < -0.4 is 10.1 Å². The molecule has 8 nitrogen and oxygen atoms in total. The highest BCUT2D eigenvalue weighted by molar-refractivity contribution is 8.16. The van der Waals surface area contributed by atoms with Crippen molar-refractivity contribution in [2.24, 2.45) is 4.99 Å².